The largest absolute Gasteiger partial charge is 0.493 e. The minimum atomic E-state index is 0.155. The van der Waals surface area contributed by atoms with E-state index in [1.54, 1.807) is 21.3 Å². The first-order chi connectivity index (χ1) is 13.1. The van der Waals surface area contributed by atoms with Crippen LogP contribution in [0, 0.1) is 0 Å². The van der Waals surface area contributed by atoms with Crippen LogP contribution in [0.4, 0.5) is 0 Å². The molecule has 1 aliphatic heterocycles. The molecule has 0 bridgehead atoms. The number of rotatable bonds is 7. The lowest BCUT2D eigenvalue weighted by Gasteiger charge is -2.32. The predicted octanol–water partition coefficient (Wildman–Crippen LogP) is 1.70. The number of nitrogens with zero attached hydrogens (tertiary/aromatic N) is 2. The smallest absolute Gasteiger partial charge is 0.220 e. The van der Waals surface area contributed by atoms with E-state index >= 15 is 0 Å². The summed E-state index contributed by atoms with van der Waals surface area (Å²) in [5, 5.41) is 6.41. The summed E-state index contributed by atoms with van der Waals surface area (Å²) < 4.78 is 10.8. The molecule has 1 fully saturated rings. The van der Waals surface area contributed by atoms with Crippen molar-refractivity contribution in [2.75, 3.05) is 34.4 Å². The monoisotopic (exact) mass is 374 g/mol. The van der Waals surface area contributed by atoms with Crippen LogP contribution < -0.4 is 20.1 Å². The van der Waals surface area contributed by atoms with Crippen LogP contribution in [0.2, 0.25) is 0 Å². The zero-order chi connectivity index (χ0) is 19.2. The number of methoxy groups -OCH3 is 2. The van der Waals surface area contributed by atoms with Gasteiger partial charge in [0.25, 0.3) is 0 Å². The first-order valence-electron chi connectivity index (χ1n) is 9.63. The minimum Gasteiger partial charge on any atom is -0.493 e. The first kappa shape index (κ1) is 19.3. The van der Waals surface area contributed by atoms with Crippen molar-refractivity contribution < 1.29 is 14.3 Å². The summed E-state index contributed by atoms with van der Waals surface area (Å²) >= 11 is 0. The average molecular weight is 374 g/mol. The molecule has 2 aliphatic rings. The summed E-state index contributed by atoms with van der Waals surface area (Å²) in [5.41, 5.74) is 2.52. The molecule has 1 heterocycles. The Kier molecular flexibility index (Phi) is 6.42. The summed E-state index contributed by atoms with van der Waals surface area (Å²) in [6.45, 7) is 2.40. The van der Waals surface area contributed by atoms with Crippen LogP contribution in [0.1, 0.15) is 36.8 Å². The number of amides is 1. The molecule has 7 heteroatoms. The zero-order valence-electron chi connectivity index (χ0n) is 16.5. The normalized spacial score (nSPS) is 16.6. The number of carbonyl (C=O) groups is 1. The lowest BCUT2D eigenvalue weighted by atomic mass is 9.99. The molecule has 0 atom stereocenters. The molecular formula is C20H30N4O3. The Labute approximate surface area is 161 Å². The summed E-state index contributed by atoms with van der Waals surface area (Å²) in [6, 6.07) is 4.55. The molecule has 0 radical (unpaired) electrons. The van der Waals surface area contributed by atoms with Gasteiger partial charge in [0.15, 0.2) is 17.5 Å². The highest BCUT2D eigenvalue weighted by Crippen LogP contribution is 2.33. The van der Waals surface area contributed by atoms with Gasteiger partial charge in [0, 0.05) is 39.1 Å². The van der Waals surface area contributed by atoms with E-state index in [1.165, 1.54) is 11.1 Å². The molecular weight excluding hydrogens is 344 g/mol. The number of ether oxygens (including phenoxy) is 2. The van der Waals surface area contributed by atoms with Gasteiger partial charge in [0.05, 0.1) is 14.2 Å². The van der Waals surface area contributed by atoms with Gasteiger partial charge >= 0.3 is 0 Å². The molecule has 2 N–H and O–H groups in total. The molecule has 27 heavy (non-hydrogen) atoms. The fourth-order valence-corrected chi connectivity index (χ4v) is 3.37. The van der Waals surface area contributed by atoms with Crippen molar-refractivity contribution in [3.63, 3.8) is 0 Å². The third-order valence-corrected chi connectivity index (χ3v) is 5.04. The lowest BCUT2D eigenvalue weighted by molar-refractivity contribution is -0.121. The Bertz CT molecular complexity index is 701. The van der Waals surface area contributed by atoms with Crippen LogP contribution in [0.25, 0.3) is 0 Å². The standard InChI is InChI=1S/C20H30N4O3/c1-21-20(22-9-4-5-19(25)23-16-6-7-16)24-10-8-14-11-17(26-2)18(27-3)12-15(14)13-24/h11-12,16H,4-10,13H2,1-3H3,(H,21,22)(H,23,25). The average Bonchev–Trinajstić information content (AvgIpc) is 3.50. The van der Waals surface area contributed by atoms with Gasteiger partial charge in [-0.25, -0.2) is 0 Å². The van der Waals surface area contributed by atoms with Crippen LogP contribution in [0.15, 0.2) is 17.1 Å². The number of benzene rings is 1. The zero-order valence-corrected chi connectivity index (χ0v) is 16.5. The van der Waals surface area contributed by atoms with E-state index in [4.69, 9.17) is 9.47 Å². The van der Waals surface area contributed by atoms with Gasteiger partial charge in [0.1, 0.15) is 0 Å². The highest BCUT2D eigenvalue weighted by Gasteiger charge is 2.23. The van der Waals surface area contributed by atoms with E-state index in [1.807, 2.05) is 0 Å². The molecule has 3 rings (SSSR count). The van der Waals surface area contributed by atoms with Crippen LogP contribution in [-0.4, -0.2) is 57.2 Å². The second kappa shape index (κ2) is 8.97. The van der Waals surface area contributed by atoms with Gasteiger partial charge in [-0.1, -0.05) is 0 Å². The van der Waals surface area contributed by atoms with Gasteiger partial charge < -0.3 is 25.0 Å². The van der Waals surface area contributed by atoms with Crippen molar-refractivity contribution >= 4 is 11.9 Å². The molecule has 0 aromatic heterocycles. The number of aliphatic imine (C=N–C) groups is 1. The van der Waals surface area contributed by atoms with Gasteiger partial charge in [-0.15, -0.1) is 0 Å². The summed E-state index contributed by atoms with van der Waals surface area (Å²) in [4.78, 5) is 18.4. The van der Waals surface area contributed by atoms with Crippen molar-refractivity contribution in [1.82, 2.24) is 15.5 Å². The number of guanidine groups is 1. The van der Waals surface area contributed by atoms with Crippen molar-refractivity contribution in [1.29, 1.82) is 0 Å². The van der Waals surface area contributed by atoms with E-state index in [2.05, 4.69) is 32.7 Å². The van der Waals surface area contributed by atoms with Crippen LogP contribution in [-0.2, 0) is 17.8 Å². The van der Waals surface area contributed by atoms with Gasteiger partial charge in [0.2, 0.25) is 5.91 Å². The maximum Gasteiger partial charge on any atom is 0.220 e. The predicted molar refractivity (Wildman–Crippen MR) is 105 cm³/mol. The molecule has 7 nitrogen and oxygen atoms in total. The Morgan fingerprint density at radius 1 is 1.22 bits per heavy atom. The second-order valence-electron chi connectivity index (χ2n) is 7.07. The third-order valence-electron chi connectivity index (χ3n) is 5.04. The summed E-state index contributed by atoms with van der Waals surface area (Å²) in [7, 11) is 5.12. The molecule has 0 spiro atoms. The molecule has 1 saturated carbocycles. The molecule has 1 aliphatic carbocycles. The Balaban J connectivity index is 1.52. The molecule has 148 valence electrons. The first-order valence-corrected chi connectivity index (χ1v) is 9.63. The van der Waals surface area contributed by atoms with E-state index in [9.17, 15) is 4.79 Å². The highest BCUT2D eigenvalue weighted by atomic mass is 16.5. The maximum absolute atomic E-state index is 11.8. The number of hydrogen-bond donors (Lipinski definition) is 2. The molecule has 1 aromatic carbocycles. The second-order valence-corrected chi connectivity index (χ2v) is 7.07. The summed E-state index contributed by atoms with van der Waals surface area (Å²) in [5.74, 6) is 2.56. The number of hydrogen-bond acceptors (Lipinski definition) is 4. The van der Waals surface area contributed by atoms with Gasteiger partial charge in [-0.2, -0.15) is 0 Å². The van der Waals surface area contributed by atoms with Crippen molar-refractivity contribution in [3.8, 4) is 11.5 Å². The van der Waals surface area contributed by atoms with Crippen molar-refractivity contribution in [2.24, 2.45) is 4.99 Å². The Morgan fingerprint density at radius 3 is 2.56 bits per heavy atom. The van der Waals surface area contributed by atoms with Gasteiger partial charge in [-0.05, 0) is 48.9 Å². The van der Waals surface area contributed by atoms with Crippen molar-refractivity contribution in [2.45, 2.75) is 44.7 Å². The number of fused-ring (bicyclic) bond motifs is 1. The fourth-order valence-electron chi connectivity index (χ4n) is 3.37. The summed E-state index contributed by atoms with van der Waals surface area (Å²) in [6.07, 6.45) is 4.54. The SMILES string of the molecule is CN=C(NCCCC(=O)NC1CC1)N1CCc2cc(OC)c(OC)cc2C1. The Morgan fingerprint density at radius 2 is 1.93 bits per heavy atom. The number of carbonyl (C=O) groups excluding carboxylic acids is 1. The van der Waals surface area contributed by atoms with Crippen molar-refractivity contribution in [3.05, 3.63) is 23.3 Å². The van der Waals surface area contributed by atoms with Gasteiger partial charge in [-0.3, -0.25) is 9.79 Å². The van der Waals surface area contributed by atoms with Crippen LogP contribution >= 0.6 is 0 Å². The lowest BCUT2D eigenvalue weighted by Crippen LogP contribution is -2.44. The molecule has 1 aromatic rings. The third kappa shape index (κ3) is 5.05. The van der Waals surface area contributed by atoms with E-state index in [0.717, 1.165) is 62.8 Å². The molecule has 0 saturated heterocycles. The maximum atomic E-state index is 11.8. The number of nitrogens with one attached hydrogen (secondary N) is 2. The Hall–Kier alpha value is -2.44. The quantitative estimate of drug-likeness (QED) is 0.432. The van der Waals surface area contributed by atoms with E-state index in [-0.39, 0.29) is 5.91 Å². The van der Waals surface area contributed by atoms with Crippen LogP contribution in [0.5, 0.6) is 11.5 Å². The molecule has 1 amide bonds. The van der Waals surface area contributed by atoms with E-state index < -0.39 is 0 Å². The van der Waals surface area contributed by atoms with E-state index in [0.29, 0.717) is 12.5 Å². The molecule has 0 unspecified atom stereocenters. The minimum absolute atomic E-state index is 0.155. The fraction of sp³-hybridized carbons (Fsp3) is 0.600. The topological polar surface area (TPSA) is 75.2 Å². The van der Waals surface area contributed by atoms with Crippen LogP contribution in [0.3, 0.4) is 0 Å². The highest BCUT2D eigenvalue weighted by molar-refractivity contribution is 5.80.